The highest BCUT2D eigenvalue weighted by molar-refractivity contribution is 6.45. The molecule has 1 atom stereocenters. The molecular formula is C6H14BNO2. The molecule has 4 heteroatoms. The van der Waals surface area contributed by atoms with Crippen molar-refractivity contribution < 1.29 is 10.1 Å². The fourth-order valence-corrected chi connectivity index (χ4v) is 1.55. The summed E-state index contributed by atoms with van der Waals surface area (Å²) >= 11 is 0. The van der Waals surface area contributed by atoms with Crippen molar-refractivity contribution in [1.82, 2.24) is 4.81 Å². The van der Waals surface area contributed by atoms with Gasteiger partial charge in [-0.3, -0.25) is 0 Å². The summed E-state index contributed by atoms with van der Waals surface area (Å²) in [6.45, 7) is 2.84. The van der Waals surface area contributed by atoms with Crippen molar-refractivity contribution in [3.05, 3.63) is 0 Å². The van der Waals surface area contributed by atoms with Gasteiger partial charge in [-0.2, -0.15) is 0 Å². The number of hydrogen-bond donors (Lipinski definition) is 2. The highest BCUT2D eigenvalue weighted by Gasteiger charge is 2.28. The zero-order chi connectivity index (χ0) is 7.56. The fourth-order valence-electron chi connectivity index (χ4n) is 1.55. The molecule has 1 saturated heterocycles. The summed E-state index contributed by atoms with van der Waals surface area (Å²) in [7, 11) is -0.403. The van der Waals surface area contributed by atoms with Gasteiger partial charge >= 0.3 is 7.05 Å². The number of rotatable bonds is 2. The lowest BCUT2D eigenvalue weighted by atomic mass is 9.84. The van der Waals surface area contributed by atoms with Crippen molar-refractivity contribution in [3.63, 3.8) is 0 Å². The summed E-state index contributed by atoms with van der Waals surface area (Å²) in [5, 5.41) is 18.0. The van der Waals surface area contributed by atoms with E-state index < -0.39 is 7.05 Å². The maximum Gasteiger partial charge on any atom is 0.376 e. The minimum absolute atomic E-state index is 0.172. The van der Waals surface area contributed by atoms with Crippen molar-refractivity contribution in [2.45, 2.75) is 25.7 Å². The van der Waals surface area contributed by atoms with Crippen LogP contribution in [0.2, 0.25) is 6.82 Å². The van der Waals surface area contributed by atoms with E-state index in [-0.39, 0.29) is 12.6 Å². The standard InChI is InChI=1S/C6H14BNO2/c1-7(10)8-4-2-3-6(8)5-9/h6,9-10H,2-5H2,1H3/t6-/m0/s1. The first-order valence-electron chi connectivity index (χ1n) is 3.80. The minimum atomic E-state index is -0.403. The van der Waals surface area contributed by atoms with E-state index in [9.17, 15) is 0 Å². The highest BCUT2D eigenvalue weighted by atomic mass is 16.3. The molecule has 1 heterocycles. The molecule has 1 aliphatic heterocycles. The first-order valence-corrected chi connectivity index (χ1v) is 3.80. The largest absolute Gasteiger partial charge is 0.437 e. The monoisotopic (exact) mass is 143 g/mol. The SMILES string of the molecule is CB(O)N1CCC[C@H]1CO. The molecule has 0 amide bonds. The van der Waals surface area contributed by atoms with Crippen LogP contribution in [0.5, 0.6) is 0 Å². The average molecular weight is 143 g/mol. The third-order valence-electron chi connectivity index (χ3n) is 2.11. The number of aliphatic hydroxyl groups is 1. The third-order valence-corrected chi connectivity index (χ3v) is 2.11. The quantitative estimate of drug-likeness (QED) is 0.514. The second-order valence-corrected chi connectivity index (χ2v) is 2.85. The Morgan fingerprint density at radius 3 is 2.80 bits per heavy atom. The number of aliphatic hydroxyl groups excluding tert-OH is 1. The Morgan fingerprint density at radius 1 is 1.70 bits per heavy atom. The van der Waals surface area contributed by atoms with Gasteiger partial charge in [-0.15, -0.1) is 0 Å². The maximum atomic E-state index is 9.17. The van der Waals surface area contributed by atoms with Crippen LogP contribution in [0.4, 0.5) is 0 Å². The van der Waals surface area contributed by atoms with E-state index in [0.29, 0.717) is 0 Å². The van der Waals surface area contributed by atoms with Crippen LogP contribution in [0.1, 0.15) is 12.8 Å². The molecule has 1 fully saturated rings. The van der Waals surface area contributed by atoms with Gasteiger partial charge in [0.2, 0.25) is 0 Å². The fraction of sp³-hybridized carbons (Fsp3) is 1.00. The van der Waals surface area contributed by atoms with Crippen LogP contribution in [-0.2, 0) is 0 Å². The first-order chi connectivity index (χ1) is 4.75. The van der Waals surface area contributed by atoms with Gasteiger partial charge in [0.25, 0.3) is 0 Å². The summed E-state index contributed by atoms with van der Waals surface area (Å²) in [4.78, 5) is 1.93. The Hall–Kier alpha value is -0.0551. The molecule has 0 unspecified atom stereocenters. The van der Waals surface area contributed by atoms with E-state index >= 15 is 0 Å². The molecule has 1 rings (SSSR count). The maximum absolute atomic E-state index is 9.17. The number of nitrogens with zero attached hydrogens (tertiary/aromatic N) is 1. The molecule has 0 aliphatic carbocycles. The zero-order valence-corrected chi connectivity index (χ0v) is 6.32. The van der Waals surface area contributed by atoms with Gasteiger partial charge in [-0.1, -0.05) is 0 Å². The minimum Gasteiger partial charge on any atom is -0.437 e. The summed E-state index contributed by atoms with van der Waals surface area (Å²) < 4.78 is 0. The van der Waals surface area contributed by atoms with Crippen molar-refractivity contribution in [3.8, 4) is 0 Å². The molecule has 0 radical (unpaired) electrons. The van der Waals surface area contributed by atoms with Crippen LogP contribution >= 0.6 is 0 Å². The van der Waals surface area contributed by atoms with Crippen molar-refractivity contribution in [1.29, 1.82) is 0 Å². The first kappa shape index (κ1) is 8.05. The van der Waals surface area contributed by atoms with Crippen LogP contribution in [0.3, 0.4) is 0 Å². The Labute approximate surface area is 61.8 Å². The van der Waals surface area contributed by atoms with Crippen LogP contribution in [0.25, 0.3) is 0 Å². The molecule has 0 saturated carbocycles. The second-order valence-electron chi connectivity index (χ2n) is 2.85. The van der Waals surface area contributed by atoms with Gasteiger partial charge in [0.15, 0.2) is 0 Å². The van der Waals surface area contributed by atoms with E-state index in [1.165, 1.54) is 0 Å². The molecular weight excluding hydrogens is 129 g/mol. The van der Waals surface area contributed by atoms with Gasteiger partial charge in [-0.25, -0.2) is 0 Å². The van der Waals surface area contributed by atoms with Gasteiger partial charge in [0, 0.05) is 6.04 Å². The Balaban J connectivity index is 2.42. The summed E-state index contributed by atoms with van der Waals surface area (Å²) in [5.41, 5.74) is 0. The topological polar surface area (TPSA) is 43.7 Å². The van der Waals surface area contributed by atoms with E-state index in [1.807, 2.05) is 4.81 Å². The van der Waals surface area contributed by atoms with Crippen molar-refractivity contribution in [2.24, 2.45) is 0 Å². The molecule has 10 heavy (non-hydrogen) atoms. The van der Waals surface area contributed by atoms with Gasteiger partial charge in [0.1, 0.15) is 0 Å². The Bertz CT molecular complexity index is 110. The summed E-state index contributed by atoms with van der Waals surface area (Å²) in [6.07, 6.45) is 2.11. The predicted octanol–water partition coefficient (Wildman–Crippen LogP) is -0.447. The molecule has 58 valence electrons. The normalized spacial score (nSPS) is 27.3. The molecule has 0 bridgehead atoms. The Morgan fingerprint density at radius 2 is 2.40 bits per heavy atom. The predicted molar refractivity (Wildman–Crippen MR) is 40.7 cm³/mol. The lowest BCUT2D eigenvalue weighted by Gasteiger charge is -2.22. The molecule has 0 aromatic heterocycles. The van der Waals surface area contributed by atoms with Gasteiger partial charge in [-0.05, 0) is 26.2 Å². The second kappa shape index (κ2) is 3.37. The van der Waals surface area contributed by atoms with E-state index in [0.717, 1.165) is 19.4 Å². The Kier molecular flexibility index (Phi) is 2.71. The summed E-state index contributed by atoms with van der Waals surface area (Å²) in [6, 6.07) is 0.194. The van der Waals surface area contributed by atoms with Crippen LogP contribution in [0, 0.1) is 0 Å². The molecule has 1 aliphatic rings. The van der Waals surface area contributed by atoms with Crippen LogP contribution in [0.15, 0.2) is 0 Å². The molecule has 0 spiro atoms. The molecule has 0 aromatic rings. The van der Waals surface area contributed by atoms with Crippen molar-refractivity contribution >= 4 is 7.05 Å². The lowest BCUT2D eigenvalue weighted by molar-refractivity contribution is 0.202. The van der Waals surface area contributed by atoms with Crippen molar-refractivity contribution in [2.75, 3.05) is 13.2 Å². The average Bonchev–Trinajstić information content (AvgIpc) is 2.33. The summed E-state index contributed by atoms with van der Waals surface area (Å²) in [5.74, 6) is 0. The molecule has 0 aromatic carbocycles. The molecule has 3 nitrogen and oxygen atoms in total. The van der Waals surface area contributed by atoms with E-state index in [4.69, 9.17) is 10.1 Å². The van der Waals surface area contributed by atoms with Crippen LogP contribution in [-0.4, -0.2) is 41.2 Å². The molecule has 2 N–H and O–H groups in total. The van der Waals surface area contributed by atoms with Crippen LogP contribution < -0.4 is 0 Å². The highest BCUT2D eigenvalue weighted by Crippen LogP contribution is 2.16. The zero-order valence-electron chi connectivity index (χ0n) is 6.32. The van der Waals surface area contributed by atoms with Gasteiger partial charge in [0.05, 0.1) is 6.61 Å². The van der Waals surface area contributed by atoms with E-state index in [2.05, 4.69) is 0 Å². The number of hydrogen-bond acceptors (Lipinski definition) is 3. The smallest absolute Gasteiger partial charge is 0.376 e. The lowest BCUT2D eigenvalue weighted by Crippen LogP contribution is -2.42. The van der Waals surface area contributed by atoms with Gasteiger partial charge < -0.3 is 14.9 Å². The third kappa shape index (κ3) is 1.51. The van der Waals surface area contributed by atoms with E-state index in [1.54, 1.807) is 6.82 Å².